The van der Waals surface area contributed by atoms with Crippen molar-refractivity contribution in [3.63, 3.8) is 0 Å². The first-order valence-electron chi connectivity index (χ1n) is 5.62. The summed E-state index contributed by atoms with van der Waals surface area (Å²) in [5.41, 5.74) is 7.76. The highest BCUT2D eigenvalue weighted by Gasteiger charge is 2.13. The molecule has 0 fully saturated rings. The molecule has 2 rings (SSSR count). The molecule has 4 nitrogen and oxygen atoms in total. The molecular weight excluding hydrogens is 238 g/mol. The van der Waals surface area contributed by atoms with Crippen LogP contribution in [0.5, 0.6) is 0 Å². The maximum atomic E-state index is 8.91. The van der Waals surface area contributed by atoms with E-state index in [2.05, 4.69) is 0 Å². The minimum Gasteiger partial charge on any atom is -0.461 e. The molecule has 1 aliphatic rings. The minimum atomic E-state index is 0.0654. The van der Waals surface area contributed by atoms with Crippen LogP contribution in [0.4, 0.5) is 5.69 Å². The molecule has 2 N–H and O–H groups in total. The lowest BCUT2D eigenvalue weighted by atomic mass is 10.0. The molecule has 0 aliphatic carbocycles. The number of rotatable bonds is 1. The number of nitrogen functional groups attached to an aromatic ring is 1. The molecule has 0 aromatic heterocycles. The van der Waals surface area contributed by atoms with Gasteiger partial charge >= 0.3 is 0 Å². The lowest BCUT2D eigenvalue weighted by molar-refractivity contribution is 0.380. The Morgan fingerprint density at radius 3 is 2.32 bits per heavy atom. The molecule has 0 bridgehead atoms. The van der Waals surface area contributed by atoms with Gasteiger partial charge in [0.2, 0.25) is 0 Å². The van der Waals surface area contributed by atoms with Gasteiger partial charge in [-0.1, -0.05) is 0 Å². The Bertz CT molecular complexity index is 664. The first kappa shape index (κ1) is 12.5. The molecule has 19 heavy (non-hydrogen) atoms. The lowest BCUT2D eigenvalue weighted by Gasteiger charge is -2.16. The fourth-order valence-electron chi connectivity index (χ4n) is 1.72. The Balaban J connectivity index is 2.49. The quantitative estimate of drug-likeness (QED) is 0.612. The zero-order valence-electron chi connectivity index (χ0n) is 10.3. The number of nitrogens with two attached hydrogens (primary N) is 1. The van der Waals surface area contributed by atoms with Gasteiger partial charge in [0.05, 0.1) is 0 Å². The molecule has 0 spiro atoms. The van der Waals surface area contributed by atoms with Gasteiger partial charge in [-0.25, -0.2) is 0 Å². The summed E-state index contributed by atoms with van der Waals surface area (Å²) in [5, 5.41) is 17.8. The van der Waals surface area contributed by atoms with Crippen molar-refractivity contribution in [1.82, 2.24) is 0 Å². The van der Waals surface area contributed by atoms with Crippen LogP contribution < -0.4 is 5.73 Å². The van der Waals surface area contributed by atoms with Gasteiger partial charge < -0.3 is 10.5 Å². The molecule has 1 aromatic carbocycles. The second-order valence-corrected chi connectivity index (χ2v) is 4.04. The number of benzene rings is 1. The third kappa shape index (κ3) is 2.65. The number of anilines is 1. The van der Waals surface area contributed by atoms with Crippen molar-refractivity contribution >= 4 is 11.4 Å². The molecule has 1 heterocycles. The van der Waals surface area contributed by atoms with E-state index in [-0.39, 0.29) is 5.57 Å². The highest BCUT2D eigenvalue weighted by molar-refractivity contribution is 5.70. The zero-order valence-corrected chi connectivity index (χ0v) is 10.3. The summed E-state index contributed by atoms with van der Waals surface area (Å²) in [4.78, 5) is 0. The molecule has 0 amide bonds. The first-order valence-corrected chi connectivity index (χ1v) is 5.62. The standard InChI is InChI=1S/C15H11N3O/c1-10-6-12(13(8-16)9-17)7-15(19-10)11-2-4-14(18)5-3-11/h2-7H,18H2,1H3. The second-order valence-electron chi connectivity index (χ2n) is 4.04. The molecule has 1 aliphatic heterocycles. The van der Waals surface area contributed by atoms with E-state index < -0.39 is 0 Å². The predicted molar refractivity (Wildman–Crippen MR) is 71.9 cm³/mol. The van der Waals surface area contributed by atoms with E-state index in [0.29, 0.717) is 22.8 Å². The van der Waals surface area contributed by atoms with Gasteiger partial charge in [0, 0.05) is 16.8 Å². The normalized spacial score (nSPS) is 13.5. The largest absolute Gasteiger partial charge is 0.461 e. The summed E-state index contributed by atoms with van der Waals surface area (Å²) in [6, 6.07) is 11.0. The maximum absolute atomic E-state index is 8.91. The Hall–Kier alpha value is -2.98. The molecule has 0 atom stereocenters. The van der Waals surface area contributed by atoms with Crippen LogP contribution in [-0.4, -0.2) is 0 Å². The molecular formula is C15H11N3O. The Labute approximate surface area is 111 Å². The molecule has 92 valence electrons. The van der Waals surface area contributed by atoms with Crippen molar-refractivity contribution in [2.24, 2.45) is 0 Å². The van der Waals surface area contributed by atoms with E-state index in [4.69, 9.17) is 21.0 Å². The van der Waals surface area contributed by atoms with Gasteiger partial charge in [0.1, 0.15) is 29.2 Å². The van der Waals surface area contributed by atoms with Crippen LogP contribution in [0.3, 0.4) is 0 Å². The summed E-state index contributed by atoms with van der Waals surface area (Å²) in [6.07, 6.45) is 3.35. The number of nitriles is 2. The van der Waals surface area contributed by atoms with Gasteiger partial charge in [-0.3, -0.25) is 0 Å². The number of hydrogen-bond donors (Lipinski definition) is 1. The maximum Gasteiger partial charge on any atom is 0.137 e. The average Bonchev–Trinajstić information content (AvgIpc) is 2.40. The van der Waals surface area contributed by atoms with Crippen molar-refractivity contribution in [3.05, 3.63) is 58.9 Å². The highest BCUT2D eigenvalue weighted by Crippen LogP contribution is 2.28. The van der Waals surface area contributed by atoms with Crippen LogP contribution in [0.1, 0.15) is 12.5 Å². The topological polar surface area (TPSA) is 82.8 Å². The van der Waals surface area contributed by atoms with E-state index >= 15 is 0 Å². The average molecular weight is 249 g/mol. The lowest BCUT2D eigenvalue weighted by Crippen LogP contribution is -1.99. The summed E-state index contributed by atoms with van der Waals surface area (Å²) < 4.78 is 5.61. The van der Waals surface area contributed by atoms with Gasteiger partial charge in [-0.15, -0.1) is 0 Å². The molecule has 0 unspecified atom stereocenters. The number of nitrogens with zero attached hydrogens (tertiary/aromatic N) is 2. The van der Waals surface area contributed by atoms with Gasteiger partial charge in [-0.05, 0) is 43.3 Å². The number of allylic oxidation sites excluding steroid dienone is 5. The van der Waals surface area contributed by atoms with Crippen LogP contribution in [0, 0.1) is 22.7 Å². The monoisotopic (exact) mass is 249 g/mol. The van der Waals surface area contributed by atoms with E-state index in [9.17, 15) is 0 Å². The molecule has 0 saturated carbocycles. The Morgan fingerprint density at radius 2 is 1.74 bits per heavy atom. The summed E-state index contributed by atoms with van der Waals surface area (Å²) >= 11 is 0. The van der Waals surface area contributed by atoms with Gasteiger partial charge in [-0.2, -0.15) is 10.5 Å². The van der Waals surface area contributed by atoms with Crippen LogP contribution in [0.15, 0.2) is 53.3 Å². The molecule has 0 radical (unpaired) electrons. The van der Waals surface area contributed by atoms with Crippen molar-refractivity contribution < 1.29 is 4.74 Å². The second kappa shape index (κ2) is 5.12. The number of ether oxygens (including phenoxy) is 1. The fourth-order valence-corrected chi connectivity index (χ4v) is 1.72. The highest BCUT2D eigenvalue weighted by atomic mass is 16.5. The van der Waals surface area contributed by atoms with E-state index in [1.165, 1.54) is 0 Å². The van der Waals surface area contributed by atoms with E-state index in [1.807, 2.05) is 24.3 Å². The van der Waals surface area contributed by atoms with Crippen LogP contribution in [0.2, 0.25) is 0 Å². The zero-order chi connectivity index (χ0) is 13.8. The fraction of sp³-hybridized carbons (Fsp3) is 0.0667. The van der Waals surface area contributed by atoms with Crippen molar-refractivity contribution in [3.8, 4) is 12.1 Å². The third-order valence-electron chi connectivity index (χ3n) is 2.62. The van der Waals surface area contributed by atoms with Crippen molar-refractivity contribution in [2.75, 3.05) is 5.73 Å². The van der Waals surface area contributed by atoms with Crippen LogP contribution >= 0.6 is 0 Å². The van der Waals surface area contributed by atoms with Gasteiger partial charge in [0.15, 0.2) is 0 Å². The third-order valence-corrected chi connectivity index (χ3v) is 2.62. The van der Waals surface area contributed by atoms with Crippen molar-refractivity contribution in [1.29, 1.82) is 10.5 Å². The summed E-state index contributed by atoms with van der Waals surface area (Å²) in [5.74, 6) is 1.23. The number of hydrogen-bond acceptors (Lipinski definition) is 4. The minimum absolute atomic E-state index is 0.0654. The Kier molecular flexibility index (Phi) is 3.36. The molecule has 0 saturated heterocycles. The smallest absolute Gasteiger partial charge is 0.137 e. The Morgan fingerprint density at radius 1 is 1.11 bits per heavy atom. The van der Waals surface area contributed by atoms with E-state index in [1.54, 1.807) is 31.2 Å². The SMILES string of the molecule is CC1=CC(=C(C#N)C#N)C=C(c2ccc(N)cc2)O1. The van der Waals surface area contributed by atoms with E-state index in [0.717, 1.165) is 5.56 Å². The van der Waals surface area contributed by atoms with Gasteiger partial charge in [0.25, 0.3) is 0 Å². The summed E-state index contributed by atoms with van der Waals surface area (Å²) in [6.45, 7) is 1.77. The molecule has 4 heteroatoms. The summed E-state index contributed by atoms with van der Waals surface area (Å²) in [7, 11) is 0. The van der Waals surface area contributed by atoms with Crippen LogP contribution in [0.25, 0.3) is 5.76 Å². The van der Waals surface area contributed by atoms with Crippen LogP contribution in [-0.2, 0) is 4.74 Å². The molecule has 1 aromatic rings. The first-order chi connectivity index (χ1) is 9.13. The predicted octanol–water partition coefficient (Wildman–Crippen LogP) is 2.89. The van der Waals surface area contributed by atoms with Crippen molar-refractivity contribution in [2.45, 2.75) is 6.92 Å².